The molecule has 2 aromatic rings. The SMILES string of the molecule is [2H]c1c(Cl)nc(-c2nc(NC([2H])(C)C(F)(F)F)nc(NC([2H])(C([2H])([2H])[2H])C(F)(F)F)n2)c([2H])c1[2H]. The monoisotopic (exact) mass is 422 g/mol. The molecule has 2 aromatic heterocycles. The van der Waals surface area contributed by atoms with E-state index in [1.54, 1.807) is 0 Å². The van der Waals surface area contributed by atoms with Crippen molar-refractivity contribution in [1.29, 1.82) is 0 Å². The number of nitrogens with zero attached hydrogens (tertiary/aromatic N) is 4. The zero-order valence-electron chi connectivity index (χ0n) is 20.9. The molecule has 27 heavy (non-hydrogen) atoms. The van der Waals surface area contributed by atoms with E-state index in [9.17, 15) is 26.3 Å². The van der Waals surface area contributed by atoms with Crippen LogP contribution in [0.1, 0.15) is 24.7 Å². The number of anilines is 2. The molecule has 0 spiro atoms. The molecule has 2 heterocycles. The average Bonchev–Trinajstić information content (AvgIpc) is 2.65. The van der Waals surface area contributed by atoms with Crippen molar-refractivity contribution in [2.45, 2.75) is 38.2 Å². The highest BCUT2D eigenvalue weighted by Gasteiger charge is 2.38. The van der Waals surface area contributed by atoms with Gasteiger partial charge in [0.1, 0.15) is 22.9 Å². The topological polar surface area (TPSA) is 75.6 Å². The number of nitrogens with one attached hydrogen (secondary N) is 2. The molecule has 0 aliphatic rings. The highest BCUT2D eigenvalue weighted by atomic mass is 35.5. The lowest BCUT2D eigenvalue weighted by molar-refractivity contribution is -0.139. The van der Waals surface area contributed by atoms with Crippen molar-refractivity contribution >= 4 is 23.5 Å². The van der Waals surface area contributed by atoms with E-state index in [-0.39, 0.29) is 0 Å². The molecule has 13 heteroatoms. The zero-order chi connectivity index (χ0) is 27.4. The maximum absolute atomic E-state index is 13.5. The zero-order valence-corrected chi connectivity index (χ0v) is 13.7. The van der Waals surface area contributed by atoms with Gasteiger partial charge in [-0.15, -0.1) is 0 Å². The van der Waals surface area contributed by atoms with Gasteiger partial charge in [0.15, 0.2) is 5.82 Å². The quantitative estimate of drug-likeness (QED) is 0.552. The highest BCUT2D eigenvalue weighted by Crippen LogP contribution is 2.26. The Morgan fingerprint density at radius 3 is 2.07 bits per heavy atom. The first-order valence-electron chi connectivity index (χ1n) is 10.6. The summed E-state index contributed by atoms with van der Waals surface area (Å²) in [5.41, 5.74) is -0.792. The van der Waals surface area contributed by atoms with E-state index in [2.05, 4.69) is 19.9 Å². The van der Waals surface area contributed by atoms with Crippen molar-refractivity contribution in [2.75, 3.05) is 10.6 Å². The lowest BCUT2D eigenvalue weighted by atomic mass is 10.3. The second-order valence-corrected chi connectivity index (χ2v) is 5.04. The molecular weight excluding hydrogens is 402 g/mol. The fourth-order valence-corrected chi connectivity index (χ4v) is 1.55. The minimum atomic E-state index is -5.78. The first kappa shape index (κ1) is 12.2. The van der Waals surface area contributed by atoms with Crippen LogP contribution in [0.2, 0.25) is 5.15 Å². The number of hydrogen-bond acceptors (Lipinski definition) is 6. The van der Waals surface area contributed by atoms with E-state index < -0.39 is 77.9 Å². The van der Waals surface area contributed by atoms with Gasteiger partial charge in [0, 0.05) is 4.11 Å². The normalized spacial score (nSPS) is 21.6. The molecule has 0 aromatic carbocycles. The third-order valence-electron chi connectivity index (χ3n) is 2.65. The van der Waals surface area contributed by atoms with Gasteiger partial charge in [-0.25, -0.2) is 4.98 Å². The van der Waals surface area contributed by atoms with Crippen LogP contribution in [0, 0.1) is 0 Å². The molecule has 0 bridgehead atoms. The summed E-state index contributed by atoms with van der Waals surface area (Å²) in [6.07, 6.45) is -11.0. The van der Waals surface area contributed by atoms with Gasteiger partial charge < -0.3 is 10.6 Å². The summed E-state index contributed by atoms with van der Waals surface area (Å²) in [6.45, 7) is -3.79. The average molecular weight is 423 g/mol. The van der Waals surface area contributed by atoms with Crippen LogP contribution in [0.3, 0.4) is 0 Å². The maximum Gasteiger partial charge on any atom is 0.408 e. The van der Waals surface area contributed by atoms with E-state index in [4.69, 9.17) is 22.6 Å². The second kappa shape index (κ2) is 7.71. The number of aromatic nitrogens is 4. The van der Waals surface area contributed by atoms with Crippen LogP contribution < -0.4 is 10.6 Å². The van der Waals surface area contributed by atoms with E-state index in [0.717, 1.165) is 0 Å². The van der Waals surface area contributed by atoms with Crippen LogP contribution in [0.4, 0.5) is 38.2 Å². The standard InChI is InChI=1S/C14H13ClF6N6/c1-6(13(16,17)18)22-11-25-10(8-4-3-5-9(15)24-8)26-12(27-11)23-7(2)14(19,20)21/h3-7H,1-2H3,(H2,22,23,25,26,27)/i1D3,3D,4D,5D,6D,7D. The summed E-state index contributed by atoms with van der Waals surface area (Å²) in [7, 11) is 0. The van der Waals surface area contributed by atoms with Gasteiger partial charge in [0.2, 0.25) is 11.9 Å². The van der Waals surface area contributed by atoms with Crippen LogP contribution in [-0.4, -0.2) is 44.3 Å². The van der Waals surface area contributed by atoms with Gasteiger partial charge in [-0.3, -0.25) is 0 Å². The predicted molar refractivity (Wildman–Crippen MR) is 86.3 cm³/mol. The Hall–Kier alpha value is -2.37. The largest absolute Gasteiger partial charge is 0.408 e. The van der Waals surface area contributed by atoms with Crippen LogP contribution in [0.15, 0.2) is 18.1 Å². The molecule has 6 nitrogen and oxygen atoms in total. The third kappa shape index (κ3) is 5.81. The van der Waals surface area contributed by atoms with Crippen molar-refractivity contribution in [3.8, 4) is 11.5 Å². The molecule has 0 aliphatic carbocycles. The van der Waals surface area contributed by atoms with Gasteiger partial charge in [-0.05, 0) is 25.9 Å². The number of alkyl halides is 6. The Balaban J connectivity index is 2.79. The summed E-state index contributed by atoms with van der Waals surface area (Å²) < 4.78 is 139. The minimum absolute atomic E-state index is 0.304. The van der Waals surface area contributed by atoms with Gasteiger partial charge >= 0.3 is 12.4 Å². The minimum Gasteiger partial charge on any atom is -0.343 e. The first-order valence-corrected chi connectivity index (χ1v) is 6.99. The van der Waals surface area contributed by atoms with Crippen molar-refractivity contribution < 1.29 is 37.3 Å². The van der Waals surface area contributed by atoms with E-state index in [1.165, 1.54) is 10.6 Å². The summed E-state index contributed by atoms with van der Waals surface area (Å²) in [4.78, 5) is 13.6. The molecule has 0 radical (unpaired) electrons. The molecule has 0 saturated heterocycles. The predicted octanol–water partition coefficient (Wildman–Crippen LogP) is 4.31. The summed E-state index contributed by atoms with van der Waals surface area (Å²) >= 11 is 5.68. The van der Waals surface area contributed by atoms with Crippen LogP contribution in [-0.2, 0) is 0 Å². The van der Waals surface area contributed by atoms with Crippen molar-refractivity contribution in [2.24, 2.45) is 0 Å². The van der Waals surface area contributed by atoms with Crippen LogP contribution >= 0.6 is 11.6 Å². The Bertz CT molecular complexity index is 1110. The van der Waals surface area contributed by atoms with Gasteiger partial charge in [0.05, 0.1) is 6.85 Å². The van der Waals surface area contributed by atoms with Gasteiger partial charge in [0.25, 0.3) is 0 Å². The molecule has 2 atom stereocenters. The van der Waals surface area contributed by atoms with Gasteiger partial charge in [-0.1, -0.05) is 17.6 Å². The van der Waals surface area contributed by atoms with Crippen LogP contribution in [0.5, 0.6) is 0 Å². The third-order valence-corrected chi connectivity index (χ3v) is 2.83. The highest BCUT2D eigenvalue weighted by molar-refractivity contribution is 6.29. The van der Waals surface area contributed by atoms with Crippen molar-refractivity contribution in [3.63, 3.8) is 0 Å². The Morgan fingerprint density at radius 1 is 1.00 bits per heavy atom. The lowest BCUT2D eigenvalue weighted by Crippen LogP contribution is -2.35. The van der Waals surface area contributed by atoms with E-state index in [1.807, 2.05) is 0 Å². The second-order valence-electron chi connectivity index (χ2n) is 4.68. The molecule has 0 saturated carbocycles. The molecule has 2 rings (SSSR count). The molecule has 0 aliphatic heterocycles. The van der Waals surface area contributed by atoms with E-state index in [0.29, 0.717) is 6.92 Å². The Labute approximate surface area is 165 Å². The Kier molecular flexibility index (Phi) is 3.47. The fraction of sp³-hybridized carbons (Fsp3) is 0.429. The molecule has 148 valence electrons. The number of halogens is 7. The first-order chi connectivity index (χ1) is 15.5. The number of pyridine rings is 1. The summed E-state index contributed by atoms with van der Waals surface area (Å²) in [6, 6.07) is -10.5. The fourth-order valence-electron chi connectivity index (χ4n) is 1.42. The smallest absolute Gasteiger partial charge is 0.343 e. The number of hydrogen-bond donors (Lipinski definition) is 2. The molecule has 0 amide bonds. The molecule has 2 N–H and O–H groups in total. The summed E-state index contributed by atoms with van der Waals surface area (Å²) in [5, 5.41) is 1.99. The molecular formula is C14H13ClF6N6. The molecule has 2 unspecified atom stereocenters. The summed E-state index contributed by atoms with van der Waals surface area (Å²) in [5.74, 6) is -3.59. The lowest BCUT2D eigenvalue weighted by Gasteiger charge is -2.20. The maximum atomic E-state index is 13.5. The van der Waals surface area contributed by atoms with Crippen molar-refractivity contribution in [3.05, 3.63) is 23.3 Å². The molecule has 0 fully saturated rings. The van der Waals surface area contributed by atoms with E-state index >= 15 is 0 Å². The van der Waals surface area contributed by atoms with Gasteiger partial charge in [-0.2, -0.15) is 41.3 Å². The number of rotatable bonds is 5. The Morgan fingerprint density at radius 2 is 1.56 bits per heavy atom. The van der Waals surface area contributed by atoms with Crippen molar-refractivity contribution in [1.82, 2.24) is 19.9 Å². The van der Waals surface area contributed by atoms with Crippen LogP contribution in [0.25, 0.3) is 11.5 Å².